The molecule has 0 aromatic heterocycles. The second-order valence-corrected chi connectivity index (χ2v) is 6.23. The van der Waals surface area contributed by atoms with Crippen molar-refractivity contribution in [1.82, 2.24) is 10.2 Å². The molecular formula is C17H22N2O3. The molecule has 0 bridgehead atoms. The molecule has 2 heterocycles. The van der Waals surface area contributed by atoms with Crippen LogP contribution in [0.15, 0.2) is 24.3 Å². The molecule has 1 aromatic carbocycles. The van der Waals surface area contributed by atoms with Crippen LogP contribution in [0.3, 0.4) is 0 Å². The molecular weight excluding hydrogens is 280 g/mol. The third-order valence-corrected chi connectivity index (χ3v) is 4.44. The molecule has 0 spiro atoms. The van der Waals surface area contributed by atoms with Gasteiger partial charge in [0.2, 0.25) is 5.91 Å². The van der Waals surface area contributed by atoms with E-state index in [1.165, 1.54) is 24.9 Å². The maximum atomic E-state index is 11.7. The Hall–Kier alpha value is -1.88. The summed E-state index contributed by atoms with van der Waals surface area (Å²) in [6, 6.07) is 8.03. The predicted molar refractivity (Wildman–Crippen MR) is 82.7 cm³/mol. The number of likely N-dealkylation sites (N-methyl/N-ethyl adjacent to an activating group) is 1. The number of imide groups is 1. The van der Waals surface area contributed by atoms with E-state index in [9.17, 15) is 9.59 Å². The molecule has 2 atom stereocenters. The summed E-state index contributed by atoms with van der Waals surface area (Å²) in [7, 11) is 2.16. The fraction of sp³-hybridized carbons (Fsp3) is 0.529. The number of amides is 2. The number of hydrogen-bond donors (Lipinski definition) is 1. The molecule has 0 saturated carbocycles. The quantitative estimate of drug-likeness (QED) is 0.863. The Bertz CT molecular complexity index is 556. The fourth-order valence-corrected chi connectivity index (χ4v) is 3.21. The first-order chi connectivity index (χ1) is 10.6. The van der Waals surface area contributed by atoms with Gasteiger partial charge in [0.15, 0.2) is 6.10 Å². The summed E-state index contributed by atoms with van der Waals surface area (Å²) in [5.74, 6) is 0.696. The average Bonchev–Trinajstić information content (AvgIpc) is 2.51. The van der Waals surface area contributed by atoms with Crippen LogP contribution in [0.25, 0.3) is 0 Å². The number of nitrogens with zero attached hydrogens (tertiary/aromatic N) is 1. The number of ether oxygens (including phenoxy) is 1. The normalized spacial score (nSPS) is 26.6. The van der Waals surface area contributed by atoms with E-state index in [1.807, 2.05) is 12.1 Å². The van der Waals surface area contributed by atoms with E-state index in [4.69, 9.17) is 4.74 Å². The Balaban J connectivity index is 1.62. The molecule has 2 fully saturated rings. The van der Waals surface area contributed by atoms with Gasteiger partial charge >= 0.3 is 0 Å². The van der Waals surface area contributed by atoms with Gasteiger partial charge in [-0.2, -0.15) is 0 Å². The second-order valence-electron chi connectivity index (χ2n) is 6.23. The smallest absolute Gasteiger partial charge is 0.267 e. The Kier molecular flexibility index (Phi) is 4.43. The molecule has 2 amide bonds. The first kappa shape index (κ1) is 15.0. The van der Waals surface area contributed by atoms with Gasteiger partial charge in [-0.05, 0) is 50.0 Å². The molecule has 1 N–H and O–H groups in total. The minimum Gasteiger partial charge on any atom is -0.481 e. The van der Waals surface area contributed by atoms with Crippen molar-refractivity contribution < 1.29 is 14.3 Å². The van der Waals surface area contributed by atoms with Crippen molar-refractivity contribution in [2.24, 2.45) is 0 Å². The van der Waals surface area contributed by atoms with Crippen molar-refractivity contribution in [3.63, 3.8) is 0 Å². The lowest BCUT2D eigenvalue weighted by Crippen LogP contribution is -2.46. The van der Waals surface area contributed by atoms with Crippen molar-refractivity contribution in [3.8, 4) is 5.75 Å². The number of rotatable bonds is 3. The standard InChI is InChI=1S/C17H22N2O3/c1-19-10-2-3-13(11-19)12-4-6-14(7-5-12)22-15-8-9-16(20)18-17(15)21/h4-7,13,15H,2-3,8-11H2,1H3,(H,18,20,21). The largest absolute Gasteiger partial charge is 0.481 e. The zero-order chi connectivity index (χ0) is 15.5. The Morgan fingerprint density at radius 1 is 1.18 bits per heavy atom. The lowest BCUT2D eigenvalue weighted by atomic mass is 9.91. The molecule has 22 heavy (non-hydrogen) atoms. The van der Waals surface area contributed by atoms with E-state index in [0.29, 0.717) is 24.5 Å². The van der Waals surface area contributed by atoms with Gasteiger partial charge in [0.05, 0.1) is 0 Å². The van der Waals surface area contributed by atoms with Crippen molar-refractivity contribution in [2.45, 2.75) is 37.7 Å². The van der Waals surface area contributed by atoms with Crippen LogP contribution in [0, 0.1) is 0 Å². The third-order valence-electron chi connectivity index (χ3n) is 4.44. The molecule has 3 rings (SSSR count). The van der Waals surface area contributed by atoms with Crippen LogP contribution < -0.4 is 10.1 Å². The van der Waals surface area contributed by atoms with Gasteiger partial charge < -0.3 is 9.64 Å². The summed E-state index contributed by atoms with van der Waals surface area (Å²) in [5, 5.41) is 2.31. The number of hydrogen-bond acceptors (Lipinski definition) is 4. The number of piperidine rings is 2. The van der Waals surface area contributed by atoms with Crippen molar-refractivity contribution in [1.29, 1.82) is 0 Å². The van der Waals surface area contributed by atoms with Crippen LogP contribution in [0.2, 0.25) is 0 Å². The zero-order valence-corrected chi connectivity index (χ0v) is 12.9. The van der Waals surface area contributed by atoms with Crippen LogP contribution in [0.1, 0.15) is 37.2 Å². The van der Waals surface area contributed by atoms with E-state index in [1.54, 1.807) is 0 Å². The highest BCUT2D eigenvalue weighted by molar-refractivity contribution is 5.99. The minimum atomic E-state index is -0.565. The number of carbonyl (C=O) groups excluding carboxylic acids is 2. The van der Waals surface area contributed by atoms with E-state index < -0.39 is 6.10 Å². The molecule has 5 heteroatoms. The maximum Gasteiger partial charge on any atom is 0.267 e. The Labute approximate surface area is 130 Å². The van der Waals surface area contributed by atoms with Crippen LogP contribution in [0.4, 0.5) is 0 Å². The van der Waals surface area contributed by atoms with Gasteiger partial charge in [-0.3, -0.25) is 14.9 Å². The van der Waals surface area contributed by atoms with Gasteiger partial charge in [0.25, 0.3) is 5.91 Å². The van der Waals surface area contributed by atoms with Crippen molar-refractivity contribution in [3.05, 3.63) is 29.8 Å². The molecule has 0 aliphatic carbocycles. The van der Waals surface area contributed by atoms with Crippen LogP contribution in [0.5, 0.6) is 5.75 Å². The highest BCUT2D eigenvalue weighted by Crippen LogP contribution is 2.28. The molecule has 1 aromatic rings. The molecule has 2 unspecified atom stereocenters. The SMILES string of the molecule is CN1CCCC(c2ccc(OC3CCC(=O)NC3=O)cc2)C1. The van der Waals surface area contributed by atoms with E-state index >= 15 is 0 Å². The molecule has 2 aliphatic rings. The summed E-state index contributed by atoms with van der Waals surface area (Å²) >= 11 is 0. The molecule has 0 radical (unpaired) electrons. The van der Waals surface area contributed by atoms with Crippen molar-refractivity contribution in [2.75, 3.05) is 20.1 Å². The topological polar surface area (TPSA) is 58.6 Å². The first-order valence-electron chi connectivity index (χ1n) is 7.90. The van der Waals surface area contributed by atoms with E-state index in [0.717, 1.165) is 6.54 Å². The highest BCUT2D eigenvalue weighted by atomic mass is 16.5. The zero-order valence-electron chi connectivity index (χ0n) is 12.9. The van der Waals surface area contributed by atoms with Crippen molar-refractivity contribution >= 4 is 11.8 Å². The summed E-state index contributed by atoms with van der Waals surface area (Å²) in [5.41, 5.74) is 1.32. The summed E-state index contributed by atoms with van der Waals surface area (Å²) in [4.78, 5) is 25.2. The number of carbonyl (C=O) groups is 2. The van der Waals surface area contributed by atoms with Gasteiger partial charge in [-0.15, -0.1) is 0 Å². The monoisotopic (exact) mass is 302 g/mol. The summed E-state index contributed by atoms with van der Waals surface area (Å²) < 4.78 is 5.70. The molecule has 118 valence electrons. The summed E-state index contributed by atoms with van der Waals surface area (Å²) in [6.07, 6.45) is 2.67. The highest BCUT2D eigenvalue weighted by Gasteiger charge is 2.28. The van der Waals surface area contributed by atoms with E-state index in [-0.39, 0.29) is 11.8 Å². The lowest BCUT2D eigenvalue weighted by molar-refractivity contribution is -0.138. The van der Waals surface area contributed by atoms with E-state index in [2.05, 4.69) is 29.4 Å². The van der Waals surface area contributed by atoms with Crippen LogP contribution in [-0.4, -0.2) is 43.0 Å². The summed E-state index contributed by atoms with van der Waals surface area (Å²) in [6.45, 7) is 2.26. The fourth-order valence-electron chi connectivity index (χ4n) is 3.21. The van der Waals surface area contributed by atoms with Crippen LogP contribution in [-0.2, 0) is 9.59 Å². The first-order valence-corrected chi connectivity index (χ1v) is 7.90. The number of nitrogens with one attached hydrogen (secondary N) is 1. The number of likely N-dealkylation sites (tertiary alicyclic amines) is 1. The Morgan fingerprint density at radius 2 is 1.95 bits per heavy atom. The maximum absolute atomic E-state index is 11.7. The predicted octanol–water partition coefficient (Wildman–Crippen LogP) is 1.68. The second kappa shape index (κ2) is 6.48. The van der Waals surface area contributed by atoms with Gasteiger partial charge in [0, 0.05) is 19.4 Å². The van der Waals surface area contributed by atoms with Gasteiger partial charge in [-0.25, -0.2) is 0 Å². The van der Waals surface area contributed by atoms with Gasteiger partial charge in [0.1, 0.15) is 5.75 Å². The minimum absolute atomic E-state index is 0.221. The molecule has 2 aliphatic heterocycles. The lowest BCUT2D eigenvalue weighted by Gasteiger charge is -2.30. The average molecular weight is 302 g/mol. The Morgan fingerprint density at radius 3 is 2.64 bits per heavy atom. The molecule has 5 nitrogen and oxygen atoms in total. The third kappa shape index (κ3) is 3.47. The number of benzene rings is 1. The van der Waals surface area contributed by atoms with Crippen LogP contribution >= 0.6 is 0 Å². The molecule has 2 saturated heterocycles. The van der Waals surface area contributed by atoms with Gasteiger partial charge in [-0.1, -0.05) is 12.1 Å².